The number of ether oxygens (including phenoxy) is 1. The fourth-order valence-electron chi connectivity index (χ4n) is 2.56. The van der Waals surface area contributed by atoms with E-state index in [-0.39, 0.29) is 17.6 Å². The molecule has 4 heteroatoms. The Labute approximate surface area is 122 Å². The van der Waals surface area contributed by atoms with Crippen LogP contribution >= 0.6 is 11.6 Å². The van der Waals surface area contributed by atoms with E-state index in [1.807, 2.05) is 24.3 Å². The van der Waals surface area contributed by atoms with Gasteiger partial charge in [-0.15, -0.1) is 0 Å². The van der Waals surface area contributed by atoms with Gasteiger partial charge in [0.25, 0.3) is 0 Å². The average Bonchev–Trinajstić information content (AvgIpc) is 2.63. The van der Waals surface area contributed by atoms with Crippen molar-refractivity contribution in [3.05, 3.63) is 58.1 Å². The van der Waals surface area contributed by atoms with E-state index < -0.39 is 0 Å². The second-order valence-electron chi connectivity index (χ2n) is 4.95. The van der Waals surface area contributed by atoms with Gasteiger partial charge in [0, 0.05) is 11.6 Å². The highest BCUT2D eigenvalue weighted by Gasteiger charge is 2.23. The Morgan fingerprint density at radius 1 is 1.05 bits per heavy atom. The predicted octanol–water partition coefficient (Wildman–Crippen LogP) is 3.80. The molecule has 1 atom stereocenters. The zero-order valence-electron chi connectivity index (χ0n) is 10.8. The lowest BCUT2D eigenvalue weighted by Crippen LogP contribution is -2.06. The highest BCUT2D eigenvalue weighted by Crippen LogP contribution is 2.38. The molecule has 1 aliphatic rings. The van der Waals surface area contributed by atoms with Crippen LogP contribution < -0.4 is 0 Å². The number of benzene rings is 2. The van der Waals surface area contributed by atoms with Crippen LogP contribution in [0.5, 0.6) is 11.5 Å². The highest BCUT2D eigenvalue weighted by atomic mass is 35.5. The maximum absolute atomic E-state index is 9.75. The molecule has 20 heavy (non-hydrogen) atoms. The molecule has 2 N–H and O–H groups in total. The average molecular weight is 291 g/mol. The van der Waals surface area contributed by atoms with Crippen LogP contribution in [-0.2, 0) is 11.2 Å². The summed E-state index contributed by atoms with van der Waals surface area (Å²) in [5, 5.41) is 20.1. The summed E-state index contributed by atoms with van der Waals surface area (Å²) in [6.45, 7) is 0.642. The van der Waals surface area contributed by atoms with Crippen LogP contribution in [0.3, 0.4) is 0 Å². The summed E-state index contributed by atoms with van der Waals surface area (Å²) >= 11 is 5.92. The molecule has 0 fully saturated rings. The molecular weight excluding hydrogens is 276 g/mol. The van der Waals surface area contributed by atoms with Crippen molar-refractivity contribution in [1.29, 1.82) is 0 Å². The molecule has 0 saturated carbocycles. The van der Waals surface area contributed by atoms with Crippen LogP contribution in [-0.4, -0.2) is 16.8 Å². The van der Waals surface area contributed by atoms with Gasteiger partial charge in [0.2, 0.25) is 0 Å². The van der Waals surface area contributed by atoms with E-state index in [1.165, 1.54) is 0 Å². The molecule has 0 radical (unpaired) electrons. The summed E-state index contributed by atoms with van der Waals surface area (Å²) in [4.78, 5) is 0. The molecule has 1 heterocycles. The van der Waals surface area contributed by atoms with Crippen molar-refractivity contribution in [3.63, 3.8) is 0 Å². The van der Waals surface area contributed by atoms with Gasteiger partial charge in [-0.2, -0.15) is 0 Å². The standard InChI is InChI=1S/C16H15ClO3/c17-12-5-3-10(4-6-12)16-13-9-15(19)14(18)8-11(13)2-1-7-20-16/h3-6,8-9,16,18-19H,1-2,7H2. The van der Waals surface area contributed by atoms with E-state index in [2.05, 4.69) is 0 Å². The Hall–Kier alpha value is -1.71. The highest BCUT2D eigenvalue weighted by molar-refractivity contribution is 6.30. The first-order chi connectivity index (χ1) is 9.65. The van der Waals surface area contributed by atoms with Gasteiger partial charge in [0.15, 0.2) is 11.5 Å². The third kappa shape index (κ3) is 2.47. The monoisotopic (exact) mass is 290 g/mol. The van der Waals surface area contributed by atoms with E-state index in [0.29, 0.717) is 11.6 Å². The quantitative estimate of drug-likeness (QED) is 0.785. The van der Waals surface area contributed by atoms with Gasteiger partial charge >= 0.3 is 0 Å². The first-order valence-electron chi connectivity index (χ1n) is 6.57. The van der Waals surface area contributed by atoms with Crippen molar-refractivity contribution in [2.45, 2.75) is 18.9 Å². The number of aromatic hydroxyl groups is 2. The van der Waals surface area contributed by atoms with Crippen LogP contribution in [0.4, 0.5) is 0 Å². The van der Waals surface area contributed by atoms with Crippen molar-refractivity contribution < 1.29 is 14.9 Å². The molecule has 0 saturated heterocycles. The molecule has 1 unspecified atom stereocenters. The maximum Gasteiger partial charge on any atom is 0.157 e. The van der Waals surface area contributed by atoms with E-state index in [1.54, 1.807) is 12.1 Å². The summed E-state index contributed by atoms with van der Waals surface area (Å²) in [7, 11) is 0. The maximum atomic E-state index is 9.75. The van der Waals surface area contributed by atoms with Gasteiger partial charge in [-0.3, -0.25) is 0 Å². The van der Waals surface area contributed by atoms with Crippen molar-refractivity contribution in [2.24, 2.45) is 0 Å². The smallest absolute Gasteiger partial charge is 0.157 e. The number of hydrogen-bond donors (Lipinski definition) is 2. The number of rotatable bonds is 1. The first kappa shape index (κ1) is 13.3. The second-order valence-corrected chi connectivity index (χ2v) is 5.38. The van der Waals surface area contributed by atoms with E-state index in [4.69, 9.17) is 16.3 Å². The Morgan fingerprint density at radius 3 is 2.50 bits per heavy atom. The molecular formula is C16H15ClO3. The molecule has 3 rings (SSSR count). The number of phenols is 2. The van der Waals surface area contributed by atoms with Crippen molar-refractivity contribution >= 4 is 11.6 Å². The van der Waals surface area contributed by atoms with Gasteiger partial charge in [-0.25, -0.2) is 0 Å². The van der Waals surface area contributed by atoms with Crippen LogP contribution in [0.1, 0.15) is 29.2 Å². The zero-order valence-corrected chi connectivity index (χ0v) is 11.6. The number of aryl methyl sites for hydroxylation is 1. The number of halogens is 1. The Morgan fingerprint density at radius 2 is 1.75 bits per heavy atom. The molecule has 0 amide bonds. The minimum Gasteiger partial charge on any atom is -0.504 e. The van der Waals surface area contributed by atoms with Crippen molar-refractivity contribution in [3.8, 4) is 11.5 Å². The molecule has 104 valence electrons. The van der Waals surface area contributed by atoms with E-state index in [9.17, 15) is 10.2 Å². The number of phenolic OH excluding ortho intramolecular Hbond substituents is 2. The Balaban J connectivity index is 2.09. The largest absolute Gasteiger partial charge is 0.504 e. The van der Waals surface area contributed by atoms with Crippen molar-refractivity contribution in [2.75, 3.05) is 6.61 Å². The first-order valence-corrected chi connectivity index (χ1v) is 6.95. The summed E-state index contributed by atoms with van der Waals surface area (Å²) in [5.74, 6) is -0.200. The predicted molar refractivity (Wildman–Crippen MR) is 77.3 cm³/mol. The lowest BCUT2D eigenvalue weighted by molar-refractivity contribution is 0.0841. The number of hydrogen-bond acceptors (Lipinski definition) is 3. The lowest BCUT2D eigenvalue weighted by atomic mass is 9.95. The van der Waals surface area contributed by atoms with Crippen molar-refractivity contribution in [1.82, 2.24) is 0 Å². The van der Waals surface area contributed by atoms with Crippen LogP contribution in [0.2, 0.25) is 5.02 Å². The van der Waals surface area contributed by atoms with Gasteiger partial charge in [0.1, 0.15) is 6.10 Å². The molecule has 0 bridgehead atoms. The normalized spacial score (nSPS) is 18.4. The molecule has 2 aromatic rings. The molecule has 1 aliphatic heterocycles. The Kier molecular flexibility index (Phi) is 3.55. The SMILES string of the molecule is Oc1cc2c(cc1O)C(c1ccc(Cl)cc1)OCCC2. The fraction of sp³-hybridized carbons (Fsp3) is 0.250. The Bertz CT molecular complexity index is 622. The van der Waals surface area contributed by atoms with Gasteiger partial charge in [-0.05, 0) is 53.8 Å². The molecule has 2 aromatic carbocycles. The van der Waals surface area contributed by atoms with Crippen LogP contribution in [0.15, 0.2) is 36.4 Å². The van der Waals surface area contributed by atoms with E-state index >= 15 is 0 Å². The van der Waals surface area contributed by atoms with Crippen LogP contribution in [0.25, 0.3) is 0 Å². The second kappa shape index (κ2) is 5.35. The molecule has 3 nitrogen and oxygen atoms in total. The molecule has 0 aliphatic carbocycles. The van der Waals surface area contributed by atoms with Crippen LogP contribution in [0, 0.1) is 0 Å². The summed E-state index contributed by atoms with van der Waals surface area (Å²) in [5.41, 5.74) is 2.90. The summed E-state index contributed by atoms with van der Waals surface area (Å²) in [6, 6.07) is 10.7. The molecule has 0 spiro atoms. The summed E-state index contributed by atoms with van der Waals surface area (Å²) in [6.07, 6.45) is 1.48. The minimum atomic E-state index is -0.240. The topological polar surface area (TPSA) is 49.7 Å². The van der Waals surface area contributed by atoms with Gasteiger partial charge in [-0.1, -0.05) is 23.7 Å². The molecule has 0 aromatic heterocycles. The zero-order chi connectivity index (χ0) is 14.1. The lowest BCUT2D eigenvalue weighted by Gasteiger charge is -2.19. The third-order valence-corrected chi connectivity index (χ3v) is 3.82. The van der Waals surface area contributed by atoms with E-state index in [0.717, 1.165) is 29.5 Å². The minimum absolute atomic E-state index is 0.0829. The third-order valence-electron chi connectivity index (χ3n) is 3.57. The number of fused-ring (bicyclic) bond motifs is 1. The fourth-order valence-corrected chi connectivity index (χ4v) is 2.69. The van der Waals surface area contributed by atoms with Gasteiger partial charge in [0.05, 0.1) is 0 Å². The summed E-state index contributed by atoms with van der Waals surface area (Å²) < 4.78 is 5.91. The van der Waals surface area contributed by atoms with Gasteiger partial charge < -0.3 is 14.9 Å².